The third-order valence-electron chi connectivity index (χ3n) is 3.06. The van der Waals surface area contributed by atoms with Gasteiger partial charge in [-0.1, -0.05) is 49.8 Å². The van der Waals surface area contributed by atoms with Gasteiger partial charge in [0, 0.05) is 18.5 Å². The van der Waals surface area contributed by atoms with E-state index >= 15 is 0 Å². The molecule has 104 valence electrons. The molecule has 2 heteroatoms. The van der Waals surface area contributed by atoms with Crippen molar-refractivity contribution in [3.8, 4) is 11.8 Å². The van der Waals surface area contributed by atoms with E-state index in [4.69, 9.17) is 5.11 Å². The predicted molar refractivity (Wildman–Crippen MR) is 80.9 cm³/mol. The highest BCUT2D eigenvalue weighted by Crippen LogP contribution is 2.10. The third-order valence-corrected chi connectivity index (χ3v) is 3.06. The van der Waals surface area contributed by atoms with Crippen molar-refractivity contribution in [3.05, 3.63) is 35.4 Å². The van der Waals surface area contributed by atoms with Crippen LogP contribution in [0.15, 0.2) is 24.3 Å². The van der Waals surface area contributed by atoms with Gasteiger partial charge in [-0.25, -0.2) is 0 Å². The normalized spacial score (nSPS) is 10.3. The second-order valence-corrected chi connectivity index (χ2v) is 4.88. The molecule has 1 aromatic rings. The molecule has 2 nitrogen and oxygen atoms in total. The molecule has 0 aliphatic heterocycles. The highest BCUT2D eigenvalue weighted by atomic mass is 16.2. The van der Waals surface area contributed by atoms with Gasteiger partial charge in [-0.15, -0.1) is 0 Å². The minimum absolute atomic E-state index is 0.131. The lowest BCUT2D eigenvalue weighted by atomic mass is 10.1. The van der Waals surface area contributed by atoms with Crippen LogP contribution in [0, 0.1) is 11.8 Å². The number of aliphatic hydroxyl groups is 1. The molecular formula is C17H25NO. The summed E-state index contributed by atoms with van der Waals surface area (Å²) in [5.41, 5.74) is 2.35. The molecule has 19 heavy (non-hydrogen) atoms. The first kappa shape index (κ1) is 15.8. The van der Waals surface area contributed by atoms with Crippen LogP contribution < -0.4 is 0 Å². The third kappa shape index (κ3) is 6.42. The molecule has 0 atom stereocenters. The highest BCUT2D eigenvalue weighted by molar-refractivity contribution is 5.41. The van der Waals surface area contributed by atoms with Gasteiger partial charge in [0.05, 0.1) is 6.61 Å². The first-order valence-electron chi connectivity index (χ1n) is 7.14. The second kappa shape index (κ2) is 9.61. The minimum Gasteiger partial charge on any atom is -0.395 e. The first-order valence-corrected chi connectivity index (χ1v) is 7.14. The summed E-state index contributed by atoms with van der Waals surface area (Å²) in [5.74, 6) is 6.15. The Morgan fingerprint density at radius 3 is 2.74 bits per heavy atom. The molecule has 0 amide bonds. The molecule has 0 unspecified atom stereocenters. The van der Waals surface area contributed by atoms with Crippen LogP contribution in [0.4, 0.5) is 0 Å². The molecule has 0 radical (unpaired) electrons. The minimum atomic E-state index is 0.131. The lowest BCUT2D eigenvalue weighted by molar-refractivity contribution is 0.305. The molecule has 1 aromatic carbocycles. The number of hydrogen-bond donors (Lipinski definition) is 1. The Labute approximate surface area is 117 Å². The van der Waals surface area contributed by atoms with Crippen LogP contribution in [0.25, 0.3) is 0 Å². The summed E-state index contributed by atoms with van der Waals surface area (Å²) in [4.78, 5) is 2.35. The van der Waals surface area contributed by atoms with Crippen LogP contribution in [-0.2, 0) is 6.54 Å². The number of aliphatic hydroxyl groups excluding tert-OH is 1. The van der Waals surface area contributed by atoms with Crippen LogP contribution in [0.5, 0.6) is 0 Å². The average molecular weight is 259 g/mol. The van der Waals surface area contributed by atoms with Crippen LogP contribution in [-0.4, -0.2) is 30.2 Å². The second-order valence-electron chi connectivity index (χ2n) is 4.88. The lowest BCUT2D eigenvalue weighted by Gasteiger charge is -2.17. The van der Waals surface area contributed by atoms with Crippen molar-refractivity contribution in [3.63, 3.8) is 0 Å². The quantitative estimate of drug-likeness (QED) is 0.601. The smallest absolute Gasteiger partial charge is 0.0540 e. The van der Waals surface area contributed by atoms with E-state index in [1.807, 2.05) is 6.07 Å². The van der Waals surface area contributed by atoms with Gasteiger partial charge < -0.3 is 10.0 Å². The number of unbranched alkanes of at least 4 members (excludes halogenated alkanes) is 2. The Morgan fingerprint density at radius 2 is 2.00 bits per heavy atom. The summed E-state index contributed by atoms with van der Waals surface area (Å²) in [5, 5.41) is 8.77. The molecule has 0 aromatic heterocycles. The Hall–Kier alpha value is -1.30. The van der Waals surface area contributed by atoms with Gasteiger partial charge in [-0.3, -0.25) is 0 Å². The van der Waals surface area contributed by atoms with E-state index in [1.165, 1.54) is 24.8 Å². The van der Waals surface area contributed by atoms with E-state index in [9.17, 15) is 0 Å². The van der Waals surface area contributed by atoms with Crippen molar-refractivity contribution in [1.29, 1.82) is 0 Å². The molecule has 0 saturated heterocycles. The highest BCUT2D eigenvalue weighted by Gasteiger charge is 2.03. The molecule has 0 spiro atoms. The maximum absolute atomic E-state index is 8.77. The number of rotatable bonds is 7. The number of hydrogen-bond acceptors (Lipinski definition) is 2. The van der Waals surface area contributed by atoms with Gasteiger partial charge in [-0.05, 0) is 31.6 Å². The lowest BCUT2D eigenvalue weighted by Crippen LogP contribution is -2.19. The summed E-state index contributed by atoms with van der Waals surface area (Å²) in [7, 11) is 2.16. The summed E-state index contributed by atoms with van der Waals surface area (Å²) < 4.78 is 0. The molecular weight excluding hydrogens is 234 g/mol. The van der Waals surface area contributed by atoms with Gasteiger partial charge in [0.2, 0.25) is 0 Å². The van der Waals surface area contributed by atoms with Gasteiger partial charge in [0.25, 0.3) is 0 Å². The summed E-state index contributed by atoms with van der Waals surface area (Å²) >= 11 is 0. The maximum atomic E-state index is 8.77. The molecule has 0 bridgehead atoms. The van der Waals surface area contributed by atoms with Crippen LogP contribution >= 0.6 is 0 Å². The zero-order chi connectivity index (χ0) is 13.9. The molecule has 1 rings (SSSR count). The monoisotopic (exact) mass is 259 g/mol. The SMILES string of the molecule is CCCCCN(C)Cc1ccccc1C#CCCO. The van der Waals surface area contributed by atoms with E-state index in [0.29, 0.717) is 6.42 Å². The van der Waals surface area contributed by atoms with Crippen molar-refractivity contribution < 1.29 is 5.11 Å². The van der Waals surface area contributed by atoms with Gasteiger partial charge in [-0.2, -0.15) is 0 Å². The van der Waals surface area contributed by atoms with E-state index in [0.717, 1.165) is 18.7 Å². The van der Waals surface area contributed by atoms with E-state index < -0.39 is 0 Å². The van der Waals surface area contributed by atoms with Crippen LogP contribution in [0.1, 0.15) is 43.7 Å². The topological polar surface area (TPSA) is 23.5 Å². The molecule has 0 aliphatic carbocycles. The zero-order valence-electron chi connectivity index (χ0n) is 12.2. The standard InChI is InChI=1S/C17H25NO/c1-3-4-8-13-18(2)15-17-12-6-5-10-16(17)11-7-9-14-19/h5-6,10,12,19H,3-4,8-9,13-15H2,1-2H3. The fourth-order valence-electron chi connectivity index (χ4n) is 2.00. The molecule has 0 fully saturated rings. The van der Waals surface area contributed by atoms with Gasteiger partial charge in [0.15, 0.2) is 0 Å². The fraction of sp³-hybridized carbons (Fsp3) is 0.529. The number of nitrogens with zero attached hydrogens (tertiary/aromatic N) is 1. The predicted octanol–water partition coefficient (Wildman–Crippen LogP) is 3.04. The molecule has 0 saturated carbocycles. The molecule has 1 N–H and O–H groups in total. The van der Waals surface area contributed by atoms with E-state index in [2.05, 4.69) is 48.9 Å². The summed E-state index contributed by atoms with van der Waals surface area (Å²) in [6.45, 7) is 4.43. The fourth-order valence-corrected chi connectivity index (χ4v) is 2.00. The summed E-state index contributed by atoms with van der Waals surface area (Å²) in [6, 6.07) is 8.27. The maximum Gasteiger partial charge on any atom is 0.0540 e. The Bertz CT molecular complexity index is 417. The van der Waals surface area contributed by atoms with Crippen molar-refractivity contribution >= 4 is 0 Å². The number of benzene rings is 1. The Morgan fingerprint density at radius 1 is 1.21 bits per heavy atom. The largest absolute Gasteiger partial charge is 0.395 e. The van der Waals surface area contributed by atoms with Gasteiger partial charge >= 0.3 is 0 Å². The van der Waals surface area contributed by atoms with Crippen molar-refractivity contribution in [1.82, 2.24) is 4.90 Å². The Kier molecular flexibility index (Phi) is 7.97. The van der Waals surface area contributed by atoms with Crippen molar-refractivity contribution in [2.24, 2.45) is 0 Å². The van der Waals surface area contributed by atoms with Crippen LogP contribution in [0.3, 0.4) is 0 Å². The zero-order valence-corrected chi connectivity index (χ0v) is 12.2. The van der Waals surface area contributed by atoms with E-state index in [1.54, 1.807) is 0 Å². The van der Waals surface area contributed by atoms with Crippen LogP contribution in [0.2, 0.25) is 0 Å². The van der Waals surface area contributed by atoms with E-state index in [-0.39, 0.29) is 6.61 Å². The summed E-state index contributed by atoms with van der Waals surface area (Å²) in [6.07, 6.45) is 4.35. The molecule has 0 heterocycles. The van der Waals surface area contributed by atoms with Crippen molar-refractivity contribution in [2.75, 3.05) is 20.2 Å². The average Bonchev–Trinajstić information content (AvgIpc) is 2.41. The Balaban J connectivity index is 2.60. The first-order chi connectivity index (χ1) is 9.27. The molecule has 0 aliphatic rings. The van der Waals surface area contributed by atoms with Crippen molar-refractivity contribution in [2.45, 2.75) is 39.2 Å². The van der Waals surface area contributed by atoms with Gasteiger partial charge in [0.1, 0.15) is 0 Å².